The SMILES string of the molecule is CCOC(=O)Cc1ccc(C)cc1OCc1cc(-c2cccc(CN)c2F)c2ccn(C(C)C)c2c1.CCOC(=O)Cc1ccc(C)cc1OCc1cc(Br)c2ccn(C(C)C)c2c1.Cc1ccc(CC(=O)O)c(OCc2cc(-c3cccc(CN)c3F)c3ccn(C(C)C)c3c2)c1.Cl.NCc1cccc(B(O)O)c1F.[Li+].[OH-]. The van der Waals surface area contributed by atoms with Crippen LogP contribution in [0.4, 0.5) is 13.2 Å². The summed E-state index contributed by atoms with van der Waals surface area (Å²) < 4.78 is 80.1. The van der Waals surface area contributed by atoms with Gasteiger partial charge in [0.2, 0.25) is 0 Å². The molecule has 0 fully saturated rings. The summed E-state index contributed by atoms with van der Waals surface area (Å²) in [5.41, 5.74) is 31.8. The summed E-state index contributed by atoms with van der Waals surface area (Å²) in [6.07, 6.45) is 6.39. The first kappa shape index (κ1) is 92.3. The summed E-state index contributed by atoms with van der Waals surface area (Å²) in [6.45, 7) is 24.2. The van der Waals surface area contributed by atoms with E-state index in [-0.39, 0.29) is 136 Å². The van der Waals surface area contributed by atoms with Gasteiger partial charge in [-0.05, 0) is 193 Å². The molecule has 12 rings (SSSR count). The third kappa shape index (κ3) is 23.5. The number of esters is 2. The molecule has 18 nitrogen and oxygen atoms in total. The maximum Gasteiger partial charge on any atom is 1.00 e. The molecule has 113 heavy (non-hydrogen) atoms. The number of ether oxygens (including phenoxy) is 5. The second-order valence-corrected chi connectivity index (χ2v) is 28.6. The summed E-state index contributed by atoms with van der Waals surface area (Å²) in [5.74, 6) is -0.799. The van der Waals surface area contributed by atoms with Gasteiger partial charge in [-0.1, -0.05) is 107 Å². The fraction of sp³-hybridized carbons (Fsp3) is 0.284. The van der Waals surface area contributed by atoms with E-state index in [9.17, 15) is 23.9 Å². The van der Waals surface area contributed by atoms with Crippen molar-refractivity contribution in [3.05, 3.63) is 271 Å². The molecule has 12 aromatic rings. The van der Waals surface area contributed by atoms with E-state index in [1.807, 2.05) is 125 Å². The van der Waals surface area contributed by atoms with Crippen molar-refractivity contribution in [3.8, 4) is 39.5 Å². The minimum absolute atomic E-state index is 0. The van der Waals surface area contributed by atoms with E-state index in [0.29, 0.717) is 65.2 Å². The van der Waals surface area contributed by atoms with Gasteiger partial charge in [-0.2, -0.15) is 0 Å². The number of rotatable bonds is 26. The molecule has 9 aromatic carbocycles. The minimum atomic E-state index is -1.78. The summed E-state index contributed by atoms with van der Waals surface area (Å²) >= 11 is 3.68. The Morgan fingerprint density at radius 2 is 0.788 bits per heavy atom. The Hall–Kier alpha value is -9.61. The summed E-state index contributed by atoms with van der Waals surface area (Å²) in [6, 6.07) is 51.5. The van der Waals surface area contributed by atoms with Crippen LogP contribution in [0.5, 0.6) is 17.2 Å². The van der Waals surface area contributed by atoms with Gasteiger partial charge in [0.15, 0.2) is 0 Å². The van der Waals surface area contributed by atoms with E-state index in [4.69, 9.17) is 50.9 Å². The zero-order valence-corrected chi connectivity index (χ0v) is 68.4. The number of nitrogens with two attached hydrogens (primary N) is 3. The van der Waals surface area contributed by atoms with Crippen LogP contribution in [0, 0.1) is 38.2 Å². The van der Waals surface area contributed by atoms with E-state index in [1.165, 1.54) is 29.1 Å². The second kappa shape index (κ2) is 43.0. The van der Waals surface area contributed by atoms with Gasteiger partial charge in [-0.25, -0.2) is 13.2 Å². The Morgan fingerprint density at radius 3 is 1.13 bits per heavy atom. The number of hydrogen-bond acceptors (Lipinski definition) is 14. The Balaban J connectivity index is 0.000000244. The fourth-order valence-corrected chi connectivity index (χ4v) is 13.6. The first-order chi connectivity index (χ1) is 52.6. The molecule has 0 aliphatic heterocycles. The number of aliphatic carboxylic acids is 1. The molecule has 0 unspecified atom stereocenters. The Morgan fingerprint density at radius 1 is 0.451 bits per heavy atom. The molecule has 0 aliphatic rings. The van der Waals surface area contributed by atoms with E-state index in [2.05, 4.69) is 108 Å². The van der Waals surface area contributed by atoms with Crippen LogP contribution in [0.3, 0.4) is 0 Å². The molecule has 0 atom stereocenters. The number of aryl methyl sites for hydroxylation is 3. The van der Waals surface area contributed by atoms with Gasteiger partial charge in [0.1, 0.15) is 54.5 Å². The average molecular weight is 1620 g/mol. The molecule has 0 saturated carbocycles. The number of benzene rings is 9. The van der Waals surface area contributed by atoms with Crippen LogP contribution in [0.15, 0.2) is 187 Å². The standard InChI is InChI=1S/C30H33FN2O3.C28H29FN2O3.C23H26BrNO3.C7H9BFNO2.ClH.Li.H2O/c1-5-35-29(34)16-22-10-9-20(4)13-28(22)36-18-21-14-26(25-8-6-7-23(17-32)30(25)31)24-11-12-33(19(2)3)27(24)15-21;1-17(2)31-10-9-22-24(23-6-4-5-21(15-30)28(23)29)12-19(13-25(22)31)16-34-26-11-18(3)7-8-20(26)14-27(32)33;1-5-27-23(26)13-18-7-6-16(4)10-22(18)28-14-17-11-20(24)19-8-9-25(15(2)3)21(19)12-17;9-7-5(4-10)2-1-3-6(7)8(11)12;;;/h6-15,19H,5,16-18,32H2,1-4H3;4-13,17H,14-16,30H2,1-3H3,(H,32,33);6-12,15H,5,13-14H2,1-4H3;1-3,11-12H,4,10H2;1H;;1H2/q;;;;;+1;/p-1. The van der Waals surface area contributed by atoms with Gasteiger partial charge < -0.3 is 75.2 Å². The van der Waals surface area contributed by atoms with E-state index in [0.717, 1.165) is 87.7 Å². The number of hydrogen-bond donors (Lipinski definition) is 6. The van der Waals surface area contributed by atoms with Crippen molar-refractivity contribution in [3.63, 3.8) is 0 Å². The summed E-state index contributed by atoms with van der Waals surface area (Å²) in [4.78, 5) is 35.3. The molecule has 0 saturated heterocycles. The van der Waals surface area contributed by atoms with Crippen molar-refractivity contribution in [2.75, 3.05) is 13.2 Å². The van der Waals surface area contributed by atoms with Crippen molar-refractivity contribution in [1.82, 2.24) is 13.7 Å². The van der Waals surface area contributed by atoms with E-state index < -0.39 is 18.9 Å². The zero-order chi connectivity index (χ0) is 79.6. The van der Waals surface area contributed by atoms with Crippen LogP contribution in [0.1, 0.15) is 140 Å². The van der Waals surface area contributed by atoms with Gasteiger partial charge in [-0.3, -0.25) is 14.4 Å². The number of halogens is 5. The number of carbonyl (C=O) groups is 3. The molecular weight excluding hydrogens is 1520 g/mol. The van der Waals surface area contributed by atoms with Crippen molar-refractivity contribution in [2.24, 2.45) is 17.2 Å². The average Bonchev–Trinajstić information content (AvgIpc) is 1.70. The number of nitrogens with zero attached hydrogens (tertiary/aromatic N) is 3. The Bertz CT molecular complexity index is 5240. The smallest absolute Gasteiger partial charge is 0.870 e. The molecular formula is C88H99BBrClF3LiN6O12. The van der Waals surface area contributed by atoms with Crippen LogP contribution in [0.25, 0.3) is 55.0 Å². The van der Waals surface area contributed by atoms with E-state index >= 15 is 8.78 Å². The topological polar surface area (TPSA) is 281 Å². The van der Waals surface area contributed by atoms with Gasteiger partial charge in [0, 0.05) is 144 Å². The third-order valence-electron chi connectivity index (χ3n) is 18.6. The Labute approximate surface area is 685 Å². The van der Waals surface area contributed by atoms with Gasteiger partial charge in [0.25, 0.3) is 0 Å². The molecule has 0 amide bonds. The minimum Gasteiger partial charge on any atom is -0.870 e. The van der Waals surface area contributed by atoms with Crippen molar-refractivity contribution < 1.29 is 90.7 Å². The van der Waals surface area contributed by atoms with Crippen molar-refractivity contribution >= 4 is 91.5 Å². The quantitative estimate of drug-likeness (QED) is 0.0217. The molecule has 25 heteroatoms. The van der Waals surface area contributed by atoms with E-state index in [1.54, 1.807) is 37.3 Å². The van der Waals surface area contributed by atoms with Crippen LogP contribution in [-0.4, -0.2) is 72.6 Å². The Kier molecular flexibility index (Phi) is 35.1. The molecule has 3 heterocycles. The largest absolute Gasteiger partial charge is 1.00 e. The molecule has 0 bridgehead atoms. The first-order valence-corrected chi connectivity index (χ1v) is 37.5. The van der Waals surface area contributed by atoms with Gasteiger partial charge in [-0.15, -0.1) is 12.4 Å². The van der Waals surface area contributed by atoms with Crippen LogP contribution < -0.4 is 55.7 Å². The molecule has 10 N–H and O–H groups in total. The number of carboxylic acids is 1. The third-order valence-corrected chi connectivity index (χ3v) is 19.2. The van der Waals surface area contributed by atoms with Crippen LogP contribution in [-0.2, 0) is 82.6 Å². The van der Waals surface area contributed by atoms with Gasteiger partial charge >= 0.3 is 43.9 Å². The second-order valence-electron chi connectivity index (χ2n) is 27.7. The predicted molar refractivity (Wildman–Crippen MR) is 443 cm³/mol. The number of carbonyl (C=O) groups excluding carboxylic acids is 2. The maximum absolute atomic E-state index is 15.4. The molecule has 3 aromatic heterocycles. The molecule has 0 aliphatic carbocycles. The molecule has 0 radical (unpaired) electrons. The normalized spacial score (nSPS) is 10.9. The molecule has 592 valence electrons. The van der Waals surface area contributed by atoms with Crippen molar-refractivity contribution in [2.45, 2.75) is 153 Å². The summed E-state index contributed by atoms with van der Waals surface area (Å²) in [5, 5.41) is 29.8. The monoisotopic (exact) mass is 1620 g/mol. The molecule has 0 spiro atoms. The maximum atomic E-state index is 15.4. The van der Waals surface area contributed by atoms with Gasteiger partial charge in [0.05, 0.1) is 32.5 Å². The summed E-state index contributed by atoms with van der Waals surface area (Å²) in [7, 11) is -1.78. The van der Waals surface area contributed by atoms with Crippen molar-refractivity contribution in [1.29, 1.82) is 0 Å². The number of aromatic nitrogens is 3. The zero-order valence-electron chi connectivity index (χ0n) is 66.0. The number of carboxylic acid groups (broad SMARTS) is 1. The fourth-order valence-electron chi connectivity index (χ4n) is 13.0. The van der Waals surface area contributed by atoms with Crippen LogP contribution in [0.2, 0.25) is 0 Å². The predicted octanol–water partition coefficient (Wildman–Crippen LogP) is 14.7. The van der Waals surface area contributed by atoms with Crippen LogP contribution >= 0.6 is 28.3 Å². The first-order valence-electron chi connectivity index (χ1n) is 36.7. The number of fused-ring (bicyclic) bond motifs is 3.